The molecule has 3 rings (SSSR count). The van der Waals surface area contributed by atoms with Crippen molar-refractivity contribution in [1.82, 2.24) is 10.3 Å². The summed E-state index contributed by atoms with van der Waals surface area (Å²) in [5.74, 6) is 1.19. The van der Waals surface area contributed by atoms with Gasteiger partial charge in [-0.15, -0.1) is 0 Å². The predicted molar refractivity (Wildman–Crippen MR) is 93.1 cm³/mol. The third kappa shape index (κ3) is 4.93. The Labute approximate surface area is 147 Å². The van der Waals surface area contributed by atoms with Crippen molar-refractivity contribution in [2.45, 2.75) is 18.9 Å². The van der Waals surface area contributed by atoms with Crippen molar-refractivity contribution >= 4 is 5.91 Å². The monoisotopic (exact) mass is 342 g/mol. The highest BCUT2D eigenvalue weighted by Crippen LogP contribution is 2.15. The summed E-state index contributed by atoms with van der Waals surface area (Å²) in [6, 6.07) is 11.2. The zero-order chi connectivity index (χ0) is 17.5. The van der Waals surface area contributed by atoms with E-state index in [1.807, 2.05) is 24.3 Å². The number of carbonyl (C=O) groups excluding carboxylic acids is 1. The summed E-state index contributed by atoms with van der Waals surface area (Å²) in [4.78, 5) is 16.4. The smallest absolute Gasteiger partial charge is 0.252 e. The van der Waals surface area contributed by atoms with Crippen LogP contribution in [0.3, 0.4) is 0 Å². The molecule has 25 heavy (non-hydrogen) atoms. The summed E-state index contributed by atoms with van der Waals surface area (Å²) >= 11 is 0. The molecule has 1 amide bonds. The maximum atomic E-state index is 12.2. The van der Waals surface area contributed by atoms with E-state index in [9.17, 15) is 4.79 Å². The lowest BCUT2D eigenvalue weighted by Crippen LogP contribution is -2.25. The van der Waals surface area contributed by atoms with Crippen molar-refractivity contribution in [2.75, 3.05) is 26.9 Å². The molecule has 1 aliphatic heterocycles. The van der Waals surface area contributed by atoms with E-state index in [-0.39, 0.29) is 12.0 Å². The normalized spacial score (nSPS) is 16.4. The number of benzene rings is 1. The van der Waals surface area contributed by atoms with Gasteiger partial charge in [0.1, 0.15) is 11.9 Å². The maximum Gasteiger partial charge on any atom is 0.252 e. The lowest BCUT2D eigenvalue weighted by atomic mass is 10.1. The molecule has 1 atom stereocenters. The minimum atomic E-state index is -0.147. The van der Waals surface area contributed by atoms with E-state index in [0.717, 1.165) is 30.8 Å². The summed E-state index contributed by atoms with van der Waals surface area (Å²) in [6.07, 6.45) is 3.19. The van der Waals surface area contributed by atoms with E-state index in [1.165, 1.54) is 6.20 Å². The Hall–Kier alpha value is -2.60. The first-order valence-electron chi connectivity index (χ1n) is 8.36. The van der Waals surface area contributed by atoms with Crippen LogP contribution in [-0.4, -0.2) is 43.9 Å². The van der Waals surface area contributed by atoms with Crippen LogP contribution in [0.1, 0.15) is 22.3 Å². The highest BCUT2D eigenvalue weighted by Gasteiger charge is 2.17. The quantitative estimate of drug-likeness (QED) is 0.836. The molecule has 0 spiro atoms. The topological polar surface area (TPSA) is 69.7 Å². The van der Waals surface area contributed by atoms with E-state index in [2.05, 4.69) is 10.3 Å². The second-order valence-electron chi connectivity index (χ2n) is 5.85. The van der Waals surface area contributed by atoms with Gasteiger partial charge in [-0.05, 0) is 30.2 Å². The zero-order valence-corrected chi connectivity index (χ0v) is 14.2. The number of hydrogen-bond donors (Lipinski definition) is 1. The predicted octanol–water partition coefficient (Wildman–Crippen LogP) is 2.23. The Bertz CT molecular complexity index is 697. The minimum Gasteiger partial charge on any atom is -0.497 e. The van der Waals surface area contributed by atoms with Crippen LogP contribution in [0.4, 0.5) is 0 Å². The number of carbonyl (C=O) groups is 1. The van der Waals surface area contributed by atoms with Crippen molar-refractivity contribution in [3.63, 3.8) is 0 Å². The fourth-order valence-corrected chi connectivity index (χ4v) is 2.61. The number of amides is 1. The van der Waals surface area contributed by atoms with Crippen molar-refractivity contribution in [3.05, 3.63) is 53.7 Å². The van der Waals surface area contributed by atoms with Crippen molar-refractivity contribution in [2.24, 2.45) is 0 Å². The second kappa shape index (κ2) is 8.48. The molecule has 0 bridgehead atoms. The van der Waals surface area contributed by atoms with Gasteiger partial charge in [0.25, 0.3) is 5.91 Å². The third-order valence-electron chi connectivity index (χ3n) is 4.01. The van der Waals surface area contributed by atoms with Crippen molar-refractivity contribution in [1.29, 1.82) is 0 Å². The average molecular weight is 342 g/mol. The Morgan fingerprint density at radius 1 is 1.36 bits per heavy atom. The molecule has 6 heteroatoms. The van der Waals surface area contributed by atoms with Crippen LogP contribution in [0.15, 0.2) is 42.6 Å². The van der Waals surface area contributed by atoms with Crippen LogP contribution >= 0.6 is 0 Å². The summed E-state index contributed by atoms with van der Waals surface area (Å²) < 4.78 is 16.1. The summed E-state index contributed by atoms with van der Waals surface area (Å²) in [6.45, 7) is 1.86. The Balaban J connectivity index is 1.47. The largest absolute Gasteiger partial charge is 0.497 e. The molecule has 1 aromatic carbocycles. The molecule has 0 radical (unpaired) electrons. The van der Waals surface area contributed by atoms with Gasteiger partial charge < -0.3 is 19.5 Å². The Kier molecular flexibility index (Phi) is 5.85. The lowest BCUT2D eigenvalue weighted by molar-refractivity contribution is 0.0953. The summed E-state index contributed by atoms with van der Waals surface area (Å²) in [5.41, 5.74) is 1.63. The Morgan fingerprint density at radius 2 is 2.28 bits per heavy atom. The first-order chi connectivity index (χ1) is 12.2. The van der Waals surface area contributed by atoms with Crippen molar-refractivity contribution in [3.8, 4) is 11.6 Å². The summed E-state index contributed by atoms with van der Waals surface area (Å²) in [7, 11) is 1.64. The molecule has 1 aliphatic rings. The van der Waals surface area contributed by atoms with E-state index in [4.69, 9.17) is 14.2 Å². The maximum absolute atomic E-state index is 12.2. The molecule has 132 valence electrons. The number of nitrogens with zero attached hydrogens (tertiary/aromatic N) is 1. The molecule has 2 heterocycles. The van der Waals surface area contributed by atoms with E-state index < -0.39 is 0 Å². The number of methoxy groups -OCH3 is 1. The number of pyridine rings is 1. The molecule has 6 nitrogen and oxygen atoms in total. The van der Waals surface area contributed by atoms with Gasteiger partial charge in [-0.3, -0.25) is 4.79 Å². The molecule has 2 aromatic rings. The minimum absolute atomic E-state index is 0.0510. The van der Waals surface area contributed by atoms with Crippen LogP contribution < -0.4 is 14.8 Å². The molecule has 1 saturated heterocycles. The highest BCUT2D eigenvalue weighted by atomic mass is 16.5. The van der Waals surface area contributed by atoms with Gasteiger partial charge in [-0.25, -0.2) is 4.98 Å². The van der Waals surface area contributed by atoms with Crippen molar-refractivity contribution < 1.29 is 19.0 Å². The molecule has 0 unspecified atom stereocenters. The second-order valence-corrected chi connectivity index (χ2v) is 5.85. The van der Waals surface area contributed by atoms with Gasteiger partial charge >= 0.3 is 0 Å². The SMILES string of the molecule is COc1cccc(CCNC(=O)c2ccc(O[C@@H]3CCOC3)nc2)c1. The standard InChI is InChI=1S/C19H22N2O4/c1-23-16-4-2-3-14(11-16)7-9-20-19(22)15-5-6-18(21-12-15)25-17-8-10-24-13-17/h2-6,11-12,17H,7-10,13H2,1H3,(H,20,22)/t17-/m1/s1. The van der Waals surface area contributed by atoms with Gasteiger partial charge in [0.2, 0.25) is 5.88 Å². The fraction of sp³-hybridized carbons (Fsp3) is 0.368. The number of ether oxygens (including phenoxy) is 3. The van der Waals surface area contributed by atoms with Gasteiger partial charge in [-0.2, -0.15) is 0 Å². The van der Waals surface area contributed by atoms with Crippen LogP contribution in [0.5, 0.6) is 11.6 Å². The number of aromatic nitrogens is 1. The van der Waals surface area contributed by atoms with E-state index >= 15 is 0 Å². The van der Waals surface area contributed by atoms with Crippen LogP contribution in [-0.2, 0) is 11.2 Å². The molecular weight excluding hydrogens is 320 g/mol. The van der Waals surface area contributed by atoms with Gasteiger partial charge in [0, 0.05) is 25.2 Å². The first kappa shape index (κ1) is 17.2. The van der Waals surface area contributed by atoms with Crippen LogP contribution in [0.2, 0.25) is 0 Å². The van der Waals surface area contributed by atoms with E-state index in [1.54, 1.807) is 19.2 Å². The van der Waals surface area contributed by atoms with Gasteiger partial charge in [-0.1, -0.05) is 12.1 Å². The van der Waals surface area contributed by atoms with Gasteiger partial charge in [0.05, 0.1) is 25.9 Å². The lowest BCUT2D eigenvalue weighted by Gasteiger charge is -2.11. The average Bonchev–Trinajstić information content (AvgIpc) is 3.15. The molecule has 1 aromatic heterocycles. The molecular formula is C19H22N2O4. The zero-order valence-electron chi connectivity index (χ0n) is 14.2. The molecule has 1 fully saturated rings. The van der Waals surface area contributed by atoms with E-state index in [0.29, 0.717) is 24.6 Å². The molecule has 0 aliphatic carbocycles. The van der Waals surface area contributed by atoms with Crippen LogP contribution in [0, 0.1) is 0 Å². The molecule has 0 saturated carbocycles. The highest BCUT2D eigenvalue weighted by molar-refractivity contribution is 5.93. The number of hydrogen-bond acceptors (Lipinski definition) is 5. The number of nitrogens with one attached hydrogen (secondary N) is 1. The van der Waals surface area contributed by atoms with Crippen LogP contribution in [0.25, 0.3) is 0 Å². The molecule has 1 N–H and O–H groups in total. The fourth-order valence-electron chi connectivity index (χ4n) is 2.61. The first-order valence-corrected chi connectivity index (χ1v) is 8.36. The van der Waals surface area contributed by atoms with Gasteiger partial charge in [0.15, 0.2) is 0 Å². The third-order valence-corrected chi connectivity index (χ3v) is 4.01. The number of rotatable bonds is 7. The summed E-state index contributed by atoms with van der Waals surface area (Å²) in [5, 5.41) is 2.90. The Morgan fingerprint density at radius 3 is 3.00 bits per heavy atom.